The van der Waals surface area contributed by atoms with Crippen molar-refractivity contribution in [3.63, 3.8) is 0 Å². The third kappa shape index (κ3) is 3.35. The Bertz CT molecular complexity index is 866. The van der Waals surface area contributed by atoms with Crippen LogP contribution in [0.4, 0.5) is 0 Å². The Kier molecular flexibility index (Phi) is 4.42. The van der Waals surface area contributed by atoms with E-state index in [4.69, 9.17) is 9.15 Å². The topological polar surface area (TPSA) is 92.5 Å². The minimum absolute atomic E-state index is 0.226. The number of ether oxygens (including phenoxy) is 1. The lowest BCUT2D eigenvalue weighted by Gasteiger charge is -2.04. The van der Waals surface area contributed by atoms with E-state index in [0.717, 1.165) is 11.3 Å². The molecule has 0 unspecified atom stereocenters. The molecule has 0 bridgehead atoms. The highest BCUT2D eigenvalue weighted by atomic mass is 16.5. The number of aromatic amines is 1. The van der Waals surface area contributed by atoms with Crippen molar-refractivity contribution in [2.75, 3.05) is 7.11 Å². The Hall–Kier alpha value is -3.35. The standard InChI is InChI=1S/C17H16N4O3/c1-11(12-5-3-6-13(9-12)23-2)18-21-17(22)15-10-14(19-20-15)16-7-4-8-24-16/h3-10H,1-2H3,(H,19,20)(H,21,22). The number of amides is 1. The number of furan rings is 1. The van der Waals surface area contributed by atoms with Crippen LogP contribution in [0.5, 0.6) is 5.75 Å². The molecule has 2 N–H and O–H groups in total. The van der Waals surface area contributed by atoms with Gasteiger partial charge in [0.25, 0.3) is 5.91 Å². The van der Waals surface area contributed by atoms with Gasteiger partial charge in [0.2, 0.25) is 0 Å². The first kappa shape index (κ1) is 15.5. The molecule has 0 aliphatic carbocycles. The van der Waals surface area contributed by atoms with Gasteiger partial charge in [-0.25, -0.2) is 5.43 Å². The van der Waals surface area contributed by atoms with Crippen molar-refractivity contribution >= 4 is 11.6 Å². The van der Waals surface area contributed by atoms with E-state index in [-0.39, 0.29) is 5.69 Å². The van der Waals surface area contributed by atoms with Gasteiger partial charge in [0, 0.05) is 11.6 Å². The van der Waals surface area contributed by atoms with Crippen molar-refractivity contribution in [1.29, 1.82) is 0 Å². The van der Waals surface area contributed by atoms with Crippen molar-refractivity contribution in [3.8, 4) is 17.2 Å². The fourth-order valence-corrected chi connectivity index (χ4v) is 2.10. The summed E-state index contributed by atoms with van der Waals surface area (Å²) in [6, 6.07) is 12.6. The van der Waals surface area contributed by atoms with E-state index in [2.05, 4.69) is 20.7 Å². The monoisotopic (exact) mass is 324 g/mol. The molecule has 0 saturated heterocycles. The molecule has 3 aromatic rings. The Morgan fingerprint density at radius 3 is 2.92 bits per heavy atom. The number of rotatable bonds is 5. The predicted octanol–water partition coefficient (Wildman–Crippen LogP) is 2.83. The average molecular weight is 324 g/mol. The molecule has 0 atom stereocenters. The van der Waals surface area contributed by atoms with Gasteiger partial charge >= 0.3 is 0 Å². The fraction of sp³-hybridized carbons (Fsp3) is 0.118. The van der Waals surface area contributed by atoms with Crippen LogP contribution in [0.25, 0.3) is 11.5 Å². The van der Waals surface area contributed by atoms with Gasteiger partial charge < -0.3 is 9.15 Å². The molecule has 0 aliphatic heterocycles. The van der Waals surface area contributed by atoms with Crippen LogP contribution in [0.3, 0.4) is 0 Å². The number of hydrogen-bond donors (Lipinski definition) is 2. The number of aromatic nitrogens is 2. The van der Waals surface area contributed by atoms with Crippen LogP contribution < -0.4 is 10.2 Å². The number of carbonyl (C=O) groups excluding carboxylic acids is 1. The minimum atomic E-state index is -0.411. The van der Waals surface area contributed by atoms with Crippen LogP contribution in [-0.4, -0.2) is 28.9 Å². The van der Waals surface area contributed by atoms with Crippen molar-refractivity contribution in [1.82, 2.24) is 15.6 Å². The van der Waals surface area contributed by atoms with Crippen LogP contribution in [0.1, 0.15) is 23.0 Å². The third-order valence-electron chi connectivity index (χ3n) is 3.41. The maximum Gasteiger partial charge on any atom is 0.291 e. The lowest BCUT2D eigenvalue weighted by atomic mass is 10.1. The van der Waals surface area contributed by atoms with Crippen LogP contribution in [0.2, 0.25) is 0 Å². The van der Waals surface area contributed by atoms with E-state index < -0.39 is 5.91 Å². The Morgan fingerprint density at radius 1 is 1.29 bits per heavy atom. The van der Waals surface area contributed by atoms with Crippen LogP contribution in [0, 0.1) is 0 Å². The molecule has 0 aliphatic rings. The number of benzene rings is 1. The highest BCUT2D eigenvalue weighted by Crippen LogP contribution is 2.17. The molecule has 7 nitrogen and oxygen atoms in total. The Morgan fingerprint density at radius 2 is 2.17 bits per heavy atom. The van der Waals surface area contributed by atoms with Gasteiger partial charge in [0.05, 0.1) is 19.1 Å². The molecule has 24 heavy (non-hydrogen) atoms. The summed E-state index contributed by atoms with van der Waals surface area (Å²) in [5.74, 6) is 0.924. The molecule has 0 radical (unpaired) electrons. The van der Waals surface area contributed by atoms with E-state index in [9.17, 15) is 4.79 Å². The van der Waals surface area contributed by atoms with Crippen LogP contribution >= 0.6 is 0 Å². The zero-order chi connectivity index (χ0) is 16.9. The summed E-state index contributed by atoms with van der Waals surface area (Å²) in [6.45, 7) is 1.80. The molecule has 2 heterocycles. The highest BCUT2D eigenvalue weighted by molar-refractivity contribution is 6.00. The molecule has 2 aromatic heterocycles. The molecule has 0 saturated carbocycles. The second kappa shape index (κ2) is 6.82. The first-order chi connectivity index (χ1) is 11.7. The van der Waals surface area contributed by atoms with Crippen molar-refractivity contribution in [2.24, 2.45) is 5.10 Å². The summed E-state index contributed by atoms with van der Waals surface area (Å²) >= 11 is 0. The fourth-order valence-electron chi connectivity index (χ4n) is 2.10. The van der Waals surface area contributed by atoms with Gasteiger partial charge in [-0.05, 0) is 31.2 Å². The zero-order valence-electron chi connectivity index (χ0n) is 13.2. The van der Waals surface area contributed by atoms with Gasteiger partial charge in [-0.3, -0.25) is 9.89 Å². The number of hydrazone groups is 1. The maximum absolute atomic E-state index is 12.1. The molecule has 7 heteroatoms. The number of nitrogens with zero attached hydrogens (tertiary/aromatic N) is 2. The molecule has 0 fully saturated rings. The van der Waals surface area contributed by atoms with Crippen molar-refractivity contribution < 1.29 is 13.9 Å². The van der Waals surface area contributed by atoms with E-state index >= 15 is 0 Å². The van der Waals surface area contributed by atoms with E-state index in [1.165, 1.54) is 0 Å². The van der Waals surface area contributed by atoms with Gasteiger partial charge in [-0.15, -0.1) is 0 Å². The lowest BCUT2D eigenvalue weighted by molar-refractivity contribution is 0.0950. The maximum atomic E-state index is 12.1. The van der Waals surface area contributed by atoms with E-state index in [0.29, 0.717) is 17.2 Å². The van der Waals surface area contributed by atoms with Gasteiger partial charge in [0.1, 0.15) is 11.4 Å². The normalized spacial score (nSPS) is 11.3. The summed E-state index contributed by atoms with van der Waals surface area (Å²) in [5.41, 5.74) is 4.85. The number of hydrogen-bond acceptors (Lipinski definition) is 5. The zero-order valence-corrected chi connectivity index (χ0v) is 13.2. The third-order valence-corrected chi connectivity index (χ3v) is 3.41. The van der Waals surface area contributed by atoms with E-state index in [1.54, 1.807) is 38.5 Å². The summed E-state index contributed by atoms with van der Waals surface area (Å²) < 4.78 is 10.4. The smallest absolute Gasteiger partial charge is 0.291 e. The van der Waals surface area contributed by atoms with Crippen molar-refractivity contribution in [3.05, 3.63) is 60.0 Å². The molecule has 0 spiro atoms. The Balaban J connectivity index is 1.70. The molecule has 3 rings (SSSR count). The summed E-state index contributed by atoms with van der Waals surface area (Å²) in [7, 11) is 1.60. The lowest BCUT2D eigenvalue weighted by Crippen LogP contribution is -2.19. The van der Waals surface area contributed by atoms with Crippen LogP contribution in [0.15, 0.2) is 58.2 Å². The van der Waals surface area contributed by atoms with Crippen molar-refractivity contribution in [2.45, 2.75) is 6.92 Å². The number of methoxy groups -OCH3 is 1. The summed E-state index contributed by atoms with van der Waals surface area (Å²) in [6.07, 6.45) is 1.55. The SMILES string of the molecule is COc1cccc(C(C)=NNC(=O)c2cc(-c3ccco3)[nH]n2)c1. The van der Waals surface area contributed by atoms with Crippen LogP contribution in [-0.2, 0) is 0 Å². The van der Waals surface area contributed by atoms with Gasteiger partial charge in [-0.1, -0.05) is 12.1 Å². The molecule has 1 amide bonds. The summed E-state index contributed by atoms with van der Waals surface area (Å²) in [5, 5.41) is 10.8. The number of nitrogens with one attached hydrogen (secondary N) is 2. The van der Waals surface area contributed by atoms with Gasteiger partial charge in [0.15, 0.2) is 11.5 Å². The van der Waals surface area contributed by atoms with Gasteiger partial charge in [-0.2, -0.15) is 10.2 Å². The predicted molar refractivity (Wildman–Crippen MR) is 89.0 cm³/mol. The second-order valence-electron chi connectivity index (χ2n) is 5.01. The average Bonchev–Trinajstić information content (AvgIpc) is 3.30. The number of carbonyl (C=O) groups is 1. The molecule has 1 aromatic carbocycles. The second-order valence-corrected chi connectivity index (χ2v) is 5.01. The molecule has 122 valence electrons. The minimum Gasteiger partial charge on any atom is -0.497 e. The highest BCUT2D eigenvalue weighted by Gasteiger charge is 2.12. The molecular weight excluding hydrogens is 308 g/mol. The Labute approximate surface area is 138 Å². The first-order valence-corrected chi connectivity index (χ1v) is 7.25. The number of H-pyrrole nitrogens is 1. The molecular formula is C17H16N4O3. The quantitative estimate of drug-likeness (QED) is 0.557. The first-order valence-electron chi connectivity index (χ1n) is 7.25. The van der Waals surface area contributed by atoms with E-state index in [1.807, 2.05) is 24.3 Å². The summed E-state index contributed by atoms with van der Waals surface area (Å²) in [4.78, 5) is 12.1. The largest absolute Gasteiger partial charge is 0.497 e.